The summed E-state index contributed by atoms with van der Waals surface area (Å²) in [5.41, 5.74) is 5.95. The third kappa shape index (κ3) is 3.89. The molecular formula is C26H24FN3O2S. The molecule has 0 aliphatic carbocycles. The van der Waals surface area contributed by atoms with E-state index >= 15 is 0 Å². The molecule has 7 heteroatoms. The maximum Gasteiger partial charge on any atom is 0.270 e. The fourth-order valence-electron chi connectivity index (χ4n) is 4.27. The smallest absolute Gasteiger partial charge is 0.270 e. The van der Waals surface area contributed by atoms with Gasteiger partial charge in [0.1, 0.15) is 11.4 Å². The molecule has 168 valence electrons. The van der Waals surface area contributed by atoms with Gasteiger partial charge < -0.3 is 4.57 Å². The predicted molar refractivity (Wildman–Crippen MR) is 132 cm³/mol. The van der Waals surface area contributed by atoms with Gasteiger partial charge in [-0.2, -0.15) is 0 Å². The Balaban J connectivity index is 1.82. The highest BCUT2D eigenvalue weighted by Gasteiger charge is 2.36. The van der Waals surface area contributed by atoms with Crippen molar-refractivity contribution in [3.63, 3.8) is 0 Å². The summed E-state index contributed by atoms with van der Waals surface area (Å²) in [6.45, 7) is 8.12. The van der Waals surface area contributed by atoms with Crippen LogP contribution in [0.2, 0.25) is 0 Å². The minimum atomic E-state index is -0.663. The van der Waals surface area contributed by atoms with Crippen molar-refractivity contribution in [1.29, 1.82) is 0 Å². The van der Waals surface area contributed by atoms with Crippen molar-refractivity contribution in [2.24, 2.45) is 0 Å². The van der Waals surface area contributed by atoms with Crippen LogP contribution in [0.5, 0.6) is 0 Å². The van der Waals surface area contributed by atoms with Gasteiger partial charge in [0, 0.05) is 11.4 Å². The van der Waals surface area contributed by atoms with E-state index in [9.17, 15) is 14.0 Å². The van der Waals surface area contributed by atoms with Gasteiger partial charge in [-0.25, -0.2) is 9.29 Å². The van der Waals surface area contributed by atoms with E-state index in [4.69, 9.17) is 12.2 Å². The molecule has 2 heterocycles. The van der Waals surface area contributed by atoms with E-state index in [0.717, 1.165) is 39.5 Å². The molecule has 0 radical (unpaired) electrons. The maximum absolute atomic E-state index is 14.4. The Kier molecular flexibility index (Phi) is 5.99. The summed E-state index contributed by atoms with van der Waals surface area (Å²) in [5, 5.41) is 2.36. The number of hydrogen-bond acceptors (Lipinski definition) is 3. The monoisotopic (exact) mass is 461 g/mol. The first-order chi connectivity index (χ1) is 15.7. The SMILES string of the molecule is CCc1cccc(C)c1-n1c(C)cc(/C=C2/C(=O)NC(=S)N(c3ccccc3F)C2=O)c1C. The Bertz CT molecular complexity index is 1340. The minimum Gasteiger partial charge on any atom is -0.317 e. The van der Waals surface area contributed by atoms with Gasteiger partial charge in [0.05, 0.1) is 11.4 Å². The molecule has 1 N–H and O–H groups in total. The second-order valence-corrected chi connectivity index (χ2v) is 8.39. The van der Waals surface area contributed by atoms with E-state index in [-0.39, 0.29) is 16.4 Å². The summed E-state index contributed by atoms with van der Waals surface area (Å²) in [6.07, 6.45) is 2.43. The van der Waals surface area contributed by atoms with Crippen LogP contribution in [0.15, 0.2) is 54.1 Å². The van der Waals surface area contributed by atoms with Gasteiger partial charge in [-0.05, 0) is 80.4 Å². The molecule has 2 aromatic carbocycles. The average molecular weight is 462 g/mol. The molecule has 33 heavy (non-hydrogen) atoms. The average Bonchev–Trinajstić information content (AvgIpc) is 3.05. The Morgan fingerprint density at radius 2 is 1.79 bits per heavy atom. The van der Waals surface area contributed by atoms with Crippen LogP contribution in [-0.4, -0.2) is 21.5 Å². The van der Waals surface area contributed by atoms with E-state index in [1.54, 1.807) is 12.1 Å². The van der Waals surface area contributed by atoms with Gasteiger partial charge in [-0.1, -0.05) is 37.3 Å². The third-order valence-corrected chi connectivity index (χ3v) is 6.18. The number of nitrogens with one attached hydrogen (secondary N) is 1. The Labute approximate surface area is 197 Å². The maximum atomic E-state index is 14.4. The second-order valence-electron chi connectivity index (χ2n) is 8.01. The van der Waals surface area contributed by atoms with Gasteiger partial charge in [0.25, 0.3) is 11.8 Å². The fraction of sp³-hybridized carbons (Fsp3) is 0.192. The van der Waals surface area contributed by atoms with Gasteiger partial charge in [-0.15, -0.1) is 0 Å². The first-order valence-corrected chi connectivity index (χ1v) is 11.1. The number of para-hydroxylation sites is 2. The molecule has 1 aromatic heterocycles. The Morgan fingerprint density at radius 3 is 2.48 bits per heavy atom. The van der Waals surface area contributed by atoms with E-state index in [1.807, 2.05) is 26.0 Å². The Hall–Kier alpha value is -3.58. The number of thiocarbonyl (C=S) groups is 1. The van der Waals surface area contributed by atoms with Crippen molar-refractivity contribution < 1.29 is 14.0 Å². The number of anilines is 1. The topological polar surface area (TPSA) is 54.3 Å². The quantitative estimate of drug-likeness (QED) is 0.340. The van der Waals surface area contributed by atoms with E-state index in [2.05, 4.69) is 35.9 Å². The van der Waals surface area contributed by atoms with Crippen molar-refractivity contribution >= 4 is 40.9 Å². The number of amides is 2. The van der Waals surface area contributed by atoms with Crippen LogP contribution in [0.25, 0.3) is 11.8 Å². The van der Waals surface area contributed by atoms with Crippen molar-refractivity contribution in [3.8, 4) is 5.69 Å². The molecule has 3 aromatic rings. The molecular weight excluding hydrogens is 437 g/mol. The zero-order valence-corrected chi connectivity index (χ0v) is 19.7. The van der Waals surface area contributed by atoms with Crippen molar-refractivity contribution in [2.75, 3.05) is 4.90 Å². The van der Waals surface area contributed by atoms with Crippen LogP contribution in [0, 0.1) is 26.6 Å². The zero-order valence-electron chi connectivity index (χ0n) is 18.9. The molecule has 5 nitrogen and oxygen atoms in total. The lowest BCUT2D eigenvalue weighted by Gasteiger charge is -2.29. The van der Waals surface area contributed by atoms with Crippen molar-refractivity contribution in [3.05, 3.63) is 88.0 Å². The van der Waals surface area contributed by atoms with Gasteiger partial charge in [0.15, 0.2) is 5.11 Å². The largest absolute Gasteiger partial charge is 0.317 e. The van der Waals surface area contributed by atoms with Crippen LogP contribution in [0.3, 0.4) is 0 Å². The van der Waals surface area contributed by atoms with Crippen LogP contribution in [0.1, 0.15) is 35.0 Å². The predicted octanol–water partition coefficient (Wildman–Crippen LogP) is 4.94. The lowest BCUT2D eigenvalue weighted by atomic mass is 10.0. The molecule has 0 atom stereocenters. The van der Waals surface area contributed by atoms with Crippen LogP contribution < -0.4 is 10.2 Å². The number of carbonyl (C=O) groups is 2. The number of carbonyl (C=O) groups excluding carboxylic acids is 2. The van der Waals surface area contributed by atoms with Crippen molar-refractivity contribution in [2.45, 2.75) is 34.1 Å². The number of rotatable bonds is 4. The number of nitrogens with zero attached hydrogens (tertiary/aromatic N) is 2. The number of halogens is 1. The lowest BCUT2D eigenvalue weighted by molar-refractivity contribution is -0.122. The van der Waals surface area contributed by atoms with Crippen LogP contribution in [-0.2, 0) is 16.0 Å². The number of aryl methyl sites for hydroxylation is 3. The van der Waals surface area contributed by atoms with Crippen LogP contribution in [0.4, 0.5) is 10.1 Å². The van der Waals surface area contributed by atoms with Gasteiger partial charge in [-0.3, -0.25) is 14.9 Å². The van der Waals surface area contributed by atoms with E-state index in [0.29, 0.717) is 0 Å². The molecule has 1 aliphatic rings. The summed E-state index contributed by atoms with van der Waals surface area (Å²) < 4.78 is 16.5. The van der Waals surface area contributed by atoms with E-state index < -0.39 is 17.6 Å². The molecule has 1 aliphatic heterocycles. The first kappa shape index (κ1) is 22.6. The van der Waals surface area contributed by atoms with Crippen LogP contribution >= 0.6 is 12.2 Å². The Morgan fingerprint density at radius 1 is 1.06 bits per heavy atom. The summed E-state index contributed by atoms with van der Waals surface area (Å²) in [6, 6.07) is 14.0. The summed E-state index contributed by atoms with van der Waals surface area (Å²) in [4.78, 5) is 27.0. The molecule has 2 amide bonds. The highest BCUT2D eigenvalue weighted by Crippen LogP contribution is 2.29. The summed E-state index contributed by atoms with van der Waals surface area (Å²) in [7, 11) is 0. The highest BCUT2D eigenvalue weighted by molar-refractivity contribution is 7.80. The molecule has 0 spiro atoms. The normalized spacial score (nSPS) is 15.4. The van der Waals surface area contributed by atoms with Gasteiger partial charge in [0.2, 0.25) is 0 Å². The molecule has 4 rings (SSSR count). The van der Waals surface area contributed by atoms with E-state index in [1.165, 1.54) is 23.8 Å². The molecule has 0 unspecified atom stereocenters. The molecule has 1 fully saturated rings. The number of benzene rings is 2. The van der Waals surface area contributed by atoms with Crippen molar-refractivity contribution in [1.82, 2.24) is 9.88 Å². The summed E-state index contributed by atoms with van der Waals surface area (Å²) in [5.74, 6) is -1.87. The first-order valence-electron chi connectivity index (χ1n) is 10.7. The summed E-state index contributed by atoms with van der Waals surface area (Å²) >= 11 is 5.17. The molecule has 0 saturated carbocycles. The number of hydrogen-bond donors (Lipinski definition) is 1. The standard InChI is InChI=1S/C26H24FN3O2S/c1-5-18-10-8-9-15(2)23(18)29-16(3)13-19(17(29)4)14-20-24(31)28-26(33)30(25(20)32)22-12-7-6-11-21(22)27/h6-14H,5H2,1-4H3,(H,28,31,33)/b20-14-. The molecule has 0 bridgehead atoms. The fourth-order valence-corrected chi connectivity index (χ4v) is 4.54. The third-order valence-electron chi connectivity index (χ3n) is 5.89. The number of aromatic nitrogens is 1. The molecule has 1 saturated heterocycles. The van der Waals surface area contributed by atoms with Gasteiger partial charge >= 0.3 is 0 Å². The highest BCUT2D eigenvalue weighted by atomic mass is 32.1. The zero-order chi connectivity index (χ0) is 23.9. The minimum absolute atomic E-state index is 0.00336. The second kappa shape index (κ2) is 8.75. The lowest BCUT2D eigenvalue weighted by Crippen LogP contribution is -2.54.